The molecule has 6 heteroatoms. The van der Waals surface area contributed by atoms with Crippen LogP contribution in [0.25, 0.3) is 0 Å². The van der Waals surface area contributed by atoms with Crippen molar-refractivity contribution in [2.75, 3.05) is 39.3 Å². The highest BCUT2D eigenvalue weighted by Crippen LogP contribution is 2.20. The van der Waals surface area contributed by atoms with Crippen LogP contribution < -0.4 is 5.73 Å². The highest BCUT2D eigenvalue weighted by atomic mass is 16.5. The minimum Gasteiger partial charge on any atom is -0.506 e. The van der Waals surface area contributed by atoms with E-state index in [2.05, 4.69) is 0 Å². The second kappa shape index (κ2) is 8.34. The molecule has 0 fully saturated rings. The third-order valence-electron chi connectivity index (χ3n) is 2.36. The molecule has 0 aromatic heterocycles. The largest absolute Gasteiger partial charge is 0.506 e. The number of phenolic OH excluding ortho intramolecular Hbond substituents is 1. The molecule has 0 aliphatic heterocycles. The van der Waals surface area contributed by atoms with Crippen molar-refractivity contribution in [3.8, 4) is 5.75 Å². The fourth-order valence-corrected chi connectivity index (χ4v) is 1.33. The van der Waals surface area contributed by atoms with Crippen LogP contribution in [0.15, 0.2) is 18.2 Å². The average Bonchev–Trinajstić information content (AvgIpc) is 2.40. The summed E-state index contributed by atoms with van der Waals surface area (Å²) in [6.07, 6.45) is 0.614. The van der Waals surface area contributed by atoms with Crippen LogP contribution in [-0.2, 0) is 14.2 Å². The number of nitrogens with two attached hydrogens (primary N) is 1. The first-order chi connectivity index (χ1) is 9.15. The Morgan fingerprint density at radius 1 is 1.26 bits per heavy atom. The average molecular weight is 269 g/mol. The van der Waals surface area contributed by atoms with E-state index in [-0.39, 0.29) is 18.0 Å². The van der Waals surface area contributed by atoms with Crippen LogP contribution in [-0.4, -0.2) is 44.6 Å². The number of carbonyl (C=O) groups excluding carboxylic acids is 1. The van der Waals surface area contributed by atoms with Crippen LogP contribution in [0.5, 0.6) is 5.75 Å². The SMILES string of the molecule is COCCOCCCOC(=O)c1ccc(O)c(N)c1. The van der Waals surface area contributed by atoms with Gasteiger partial charge in [0.05, 0.1) is 31.1 Å². The Morgan fingerprint density at radius 3 is 2.74 bits per heavy atom. The first-order valence-electron chi connectivity index (χ1n) is 5.97. The maximum Gasteiger partial charge on any atom is 0.338 e. The first-order valence-corrected chi connectivity index (χ1v) is 5.97. The Labute approximate surface area is 112 Å². The number of methoxy groups -OCH3 is 1. The summed E-state index contributed by atoms with van der Waals surface area (Å²) in [5.74, 6) is -0.522. The maximum absolute atomic E-state index is 11.6. The zero-order valence-electron chi connectivity index (χ0n) is 10.9. The molecule has 3 N–H and O–H groups in total. The Kier molecular flexibility index (Phi) is 6.70. The van der Waals surface area contributed by atoms with Gasteiger partial charge in [0, 0.05) is 20.1 Å². The van der Waals surface area contributed by atoms with Crippen molar-refractivity contribution < 1.29 is 24.1 Å². The summed E-state index contributed by atoms with van der Waals surface area (Å²) in [5, 5.41) is 9.24. The van der Waals surface area contributed by atoms with Gasteiger partial charge < -0.3 is 25.1 Å². The monoisotopic (exact) mass is 269 g/mol. The number of aromatic hydroxyl groups is 1. The van der Waals surface area contributed by atoms with Crippen LogP contribution in [0.1, 0.15) is 16.8 Å². The molecule has 6 nitrogen and oxygen atoms in total. The van der Waals surface area contributed by atoms with Gasteiger partial charge in [0.15, 0.2) is 0 Å². The van der Waals surface area contributed by atoms with E-state index in [0.29, 0.717) is 31.8 Å². The quantitative estimate of drug-likeness (QED) is 0.319. The van der Waals surface area contributed by atoms with E-state index < -0.39 is 5.97 Å². The molecule has 1 aromatic carbocycles. The van der Waals surface area contributed by atoms with Crippen LogP contribution >= 0.6 is 0 Å². The molecule has 0 aliphatic rings. The molecule has 0 atom stereocenters. The lowest BCUT2D eigenvalue weighted by Crippen LogP contribution is -2.10. The topological polar surface area (TPSA) is 91.0 Å². The Hall–Kier alpha value is -1.79. The van der Waals surface area contributed by atoms with E-state index in [4.69, 9.17) is 19.9 Å². The molecule has 0 aliphatic carbocycles. The second-order valence-corrected chi connectivity index (χ2v) is 3.87. The fraction of sp³-hybridized carbons (Fsp3) is 0.462. The van der Waals surface area contributed by atoms with E-state index in [1.807, 2.05) is 0 Å². The normalized spacial score (nSPS) is 10.4. The Morgan fingerprint density at radius 2 is 2.05 bits per heavy atom. The molecule has 0 heterocycles. The van der Waals surface area contributed by atoms with Crippen molar-refractivity contribution in [1.29, 1.82) is 0 Å². The molecule has 0 amide bonds. The third-order valence-corrected chi connectivity index (χ3v) is 2.36. The number of ether oxygens (including phenoxy) is 3. The number of phenols is 1. The van der Waals surface area contributed by atoms with Crippen LogP contribution in [0.4, 0.5) is 5.69 Å². The minimum absolute atomic E-state index is 0.0527. The molecular formula is C13H19NO5. The smallest absolute Gasteiger partial charge is 0.338 e. The van der Waals surface area contributed by atoms with Crippen molar-refractivity contribution in [3.63, 3.8) is 0 Å². The van der Waals surface area contributed by atoms with Gasteiger partial charge in [-0.2, -0.15) is 0 Å². The van der Waals surface area contributed by atoms with Gasteiger partial charge in [0.2, 0.25) is 0 Å². The Balaban J connectivity index is 2.22. The molecule has 0 unspecified atom stereocenters. The van der Waals surface area contributed by atoms with Gasteiger partial charge in [0.25, 0.3) is 0 Å². The molecule has 0 spiro atoms. The van der Waals surface area contributed by atoms with Gasteiger partial charge in [-0.1, -0.05) is 0 Å². The second-order valence-electron chi connectivity index (χ2n) is 3.87. The van der Waals surface area contributed by atoms with Crippen molar-refractivity contribution in [1.82, 2.24) is 0 Å². The zero-order chi connectivity index (χ0) is 14.1. The summed E-state index contributed by atoms with van der Waals surface area (Å²) in [6.45, 7) is 1.85. The van der Waals surface area contributed by atoms with Gasteiger partial charge in [0.1, 0.15) is 5.75 Å². The number of carbonyl (C=O) groups is 1. The number of rotatable bonds is 8. The number of nitrogen functional groups attached to an aromatic ring is 1. The van der Waals surface area contributed by atoms with E-state index in [1.165, 1.54) is 18.2 Å². The molecule has 19 heavy (non-hydrogen) atoms. The summed E-state index contributed by atoms with van der Waals surface area (Å²) in [4.78, 5) is 11.6. The fourth-order valence-electron chi connectivity index (χ4n) is 1.33. The number of anilines is 1. The molecule has 106 valence electrons. The zero-order valence-corrected chi connectivity index (χ0v) is 10.9. The molecular weight excluding hydrogens is 250 g/mol. The number of hydrogen-bond acceptors (Lipinski definition) is 6. The predicted octanol–water partition coefficient (Wildman–Crippen LogP) is 1.18. The molecule has 0 saturated carbocycles. The summed E-state index contributed by atoms with van der Waals surface area (Å²) in [5.41, 5.74) is 5.96. The highest BCUT2D eigenvalue weighted by molar-refractivity contribution is 5.90. The van der Waals surface area contributed by atoms with Crippen molar-refractivity contribution in [2.24, 2.45) is 0 Å². The van der Waals surface area contributed by atoms with Crippen LogP contribution in [0.3, 0.4) is 0 Å². The van der Waals surface area contributed by atoms with Crippen molar-refractivity contribution in [3.05, 3.63) is 23.8 Å². The third kappa shape index (κ3) is 5.58. The van der Waals surface area contributed by atoms with Gasteiger partial charge in [-0.15, -0.1) is 0 Å². The van der Waals surface area contributed by atoms with E-state index in [1.54, 1.807) is 7.11 Å². The Bertz CT molecular complexity index is 408. The standard InChI is InChI=1S/C13H19NO5/c1-17-7-8-18-5-2-6-19-13(16)10-3-4-12(15)11(14)9-10/h3-4,9,15H,2,5-8,14H2,1H3. The van der Waals surface area contributed by atoms with Gasteiger partial charge in [-0.05, 0) is 18.2 Å². The molecule has 1 rings (SSSR count). The van der Waals surface area contributed by atoms with Crippen LogP contribution in [0.2, 0.25) is 0 Å². The van der Waals surface area contributed by atoms with Gasteiger partial charge >= 0.3 is 5.97 Å². The molecule has 0 bridgehead atoms. The lowest BCUT2D eigenvalue weighted by Gasteiger charge is -2.06. The highest BCUT2D eigenvalue weighted by Gasteiger charge is 2.08. The summed E-state index contributed by atoms with van der Waals surface area (Å²) in [7, 11) is 1.61. The number of esters is 1. The first kappa shape index (κ1) is 15.3. The van der Waals surface area contributed by atoms with Crippen LogP contribution in [0, 0.1) is 0 Å². The lowest BCUT2D eigenvalue weighted by molar-refractivity contribution is 0.0385. The summed E-state index contributed by atoms with van der Waals surface area (Å²) >= 11 is 0. The van der Waals surface area contributed by atoms with Crippen molar-refractivity contribution in [2.45, 2.75) is 6.42 Å². The van der Waals surface area contributed by atoms with E-state index in [0.717, 1.165) is 0 Å². The maximum atomic E-state index is 11.6. The lowest BCUT2D eigenvalue weighted by atomic mass is 10.2. The summed E-state index contributed by atoms with van der Waals surface area (Å²) in [6, 6.07) is 4.20. The van der Waals surface area contributed by atoms with Gasteiger partial charge in [-0.3, -0.25) is 0 Å². The predicted molar refractivity (Wildman–Crippen MR) is 70.1 cm³/mol. The minimum atomic E-state index is -0.469. The number of benzene rings is 1. The summed E-state index contributed by atoms with van der Waals surface area (Å²) < 4.78 is 15.1. The van der Waals surface area contributed by atoms with Gasteiger partial charge in [-0.25, -0.2) is 4.79 Å². The van der Waals surface area contributed by atoms with Crippen molar-refractivity contribution >= 4 is 11.7 Å². The molecule has 0 radical (unpaired) electrons. The van der Waals surface area contributed by atoms with E-state index >= 15 is 0 Å². The van der Waals surface area contributed by atoms with E-state index in [9.17, 15) is 9.90 Å². The number of hydrogen-bond donors (Lipinski definition) is 2. The molecule has 1 aromatic rings. The molecule has 0 saturated heterocycles.